The van der Waals surface area contributed by atoms with Gasteiger partial charge < -0.3 is 14.7 Å². The number of carboxylic acid groups (broad SMARTS) is 1. The van der Waals surface area contributed by atoms with Crippen molar-refractivity contribution in [3.8, 4) is 5.75 Å². The second-order valence-corrected chi connectivity index (χ2v) is 5.49. The van der Waals surface area contributed by atoms with Crippen molar-refractivity contribution in [2.45, 2.75) is 25.3 Å². The van der Waals surface area contributed by atoms with Crippen LogP contribution >= 0.6 is 11.6 Å². The van der Waals surface area contributed by atoms with Crippen molar-refractivity contribution in [3.05, 3.63) is 33.3 Å². The molecule has 1 aromatic rings. The maximum atomic E-state index is 12.1. The van der Waals surface area contributed by atoms with Crippen molar-refractivity contribution >= 4 is 29.2 Å². The van der Waals surface area contributed by atoms with Crippen LogP contribution in [-0.4, -0.2) is 46.0 Å². The fourth-order valence-electron chi connectivity index (χ4n) is 2.47. The van der Waals surface area contributed by atoms with Gasteiger partial charge in [-0.25, -0.2) is 4.79 Å². The third-order valence-electron chi connectivity index (χ3n) is 3.55. The number of carbonyl (C=O) groups is 2. The monoisotopic (exact) mass is 342 g/mol. The molecule has 23 heavy (non-hydrogen) atoms. The fraction of sp³-hybridized carbons (Fsp3) is 0.429. The van der Waals surface area contributed by atoms with Gasteiger partial charge in [-0.1, -0.05) is 11.6 Å². The smallest absolute Gasteiger partial charge is 0.326 e. The zero-order valence-electron chi connectivity index (χ0n) is 12.1. The lowest BCUT2D eigenvalue weighted by Crippen LogP contribution is -2.40. The van der Waals surface area contributed by atoms with Crippen LogP contribution in [0.2, 0.25) is 5.02 Å². The summed E-state index contributed by atoms with van der Waals surface area (Å²) in [5, 5.41) is 20.2. The molecule has 1 atom stereocenters. The van der Waals surface area contributed by atoms with Crippen molar-refractivity contribution in [1.29, 1.82) is 0 Å². The molecular formula is C14H15ClN2O6. The van der Waals surface area contributed by atoms with Crippen LogP contribution < -0.4 is 4.74 Å². The van der Waals surface area contributed by atoms with E-state index >= 15 is 0 Å². The van der Waals surface area contributed by atoms with Gasteiger partial charge in [0.05, 0.1) is 18.0 Å². The lowest BCUT2D eigenvalue weighted by atomic mass is 10.2. The molecule has 2 rings (SSSR count). The molecule has 8 nitrogen and oxygen atoms in total. The standard InChI is InChI=1S/C14H15ClN2O6/c15-9-3-4-12(11(8-9)17(21)22)23-7-5-13(18)16-6-1-2-10(16)14(19)20/h3-4,8,10H,1-2,5-7H2,(H,19,20). The summed E-state index contributed by atoms with van der Waals surface area (Å²) in [6.07, 6.45) is 1.03. The Kier molecular flexibility index (Phi) is 5.38. The van der Waals surface area contributed by atoms with Crippen molar-refractivity contribution in [1.82, 2.24) is 4.90 Å². The van der Waals surface area contributed by atoms with Gasteiger partial charge in [-0.15, -0.1) is 0 Å². The first-order valence-corrected chi connectivity index (χ1v) is 7.37. The molecule has 1 fully saturated rings. The Morgan fingerprint density at radius 2 is 2.22 bits per heavy atom. The van der Waals surface area contributed by atoms with E-state index in [2.05, 4.69) is 0 Å². The summed E-state index contributed by atoms with van der Waals surface area (Å²) in [4.78, 5) is 34.7. The molecule has 9 heteroatoms. The molecule has 1 aliphatic heterocycles. The first-order valence-electron chi connectivity index (χ1n) is 6.99. The van der Waals surface area contributed by atoms with Gasteiger partial charge in [0.15, 0.2) is 5.75 Å². The van der Waals surface area contributed by atoms with Crippen molar-refractivity contribution in [2.75, 3.05) is 13.2 Å². The number of hydrogen-bond donors (Lipinski definition) is 1. The number of aliphatic carboxylic acids is 1. The van der Waals surface area contributed by atoms with Gasteiger partial charge in [-0.3, -0.25) is 14.9 Å². The fourth-order valence-corrected chi connectivity index (χ4v) is 2.64. The number of halogens is 1. The van der Waals surface area contributed by atoms with Gasteiger partial charge in [-0.05, 0) is 25.0 Å². The van der Waals surface area contributed by atoms with Gasteiger partial charge >= 0.3 is 11.7 Å². The molecule has 1 saturated heterocycles. The minimum atomic E-state index is -1.02. The van der Waals surface area contributed by atoms with Crippen molar-refractivity contribution in [3.63, 3.8) is 0 Å². The molecule has 1 N–H and O–H groups in total. The highest BCUT2D eigenvalue weighted by Gasteiger charge is 2.33. The third-order valence-corrected chi connectivity index (χ3v) is 3.78. The molecule has 1 aliphatic rings. The summed E-state index contributed by atoms with van der Waals surface area (Å²) in [6.45, 7) is 0.320. The molecule has 1 heterocycles. The highest BCUT2D eigenvalue weighted by atomic mass is 35.5. The first-order chi connectivity index (χ1) is 10.9. The Labute approximate surface area is 136 Å². The summed E-state index contributed by atoms with van der Waals surface area (Å²) < 4.78 is 5.28. The number of nitrogens with zero attached hydrogens (tertiary/aromatic N) is 2. The van der Waals surface area contributed by atoms with Gasteiger partial charge in [0.25, 0.3) is 0 Å². The zero-order chi connectivity index (χ0) is 17.0. The van der Waals surface area contributed by atoms with E-state index in [0.717, 1.165) is 0 Å². The number of carboxylic acids is 1. The van der Waals surface area contributed by atoms with E-state index in [1.54, 1.807) is 0 Å². The van der Waals surface area contributed by atoms with E-state index in [4.69, 9.17) is 21.4 Å². The number of nitro benzene ring substituents is 1. The summed E-state index contributed by atoms with van der Waals surface area (Å²) in [6, 6.07) is 3.18. The van der Waals surface area contributed by atoms with Gasteiger partial charge in [0.1, 0.15) is 6.04 Å². The molecule has 0 saturated carbocycles. The van der Waals surface area contributed by atoms with E-state index in [-0.39, 0.29) is 35.4 Å². The largest absolute Gasteiger partial charge is 0.486 e. The first kappa shape index (κ1) is 17.0. The van der Waals surface area contributed by atoms with E-state index in [1.807, 2.05) is 0 Å². The molecule has 0 spiro atoms. The summed E-state index contributed by atoms with van der Waals surface area (Å²) in [5.74, 6) is -1.35. The van der Waals surface area contributed by atoms with Gasteiger partial charge in [-0.2, -0.15) is 0 Å². The number of ether oxygens (including phenoxy) is 1. The van der Waals surface area contributed by atoms with Crippen LogP contribution in [0.1, 0.15) is 19.3 Å². The van der Waals surface area contributed by atoms with Crippen LogP contribution in [0.4, 0.5) is 5.69 Å². The predicted molar refractivity (Wildman–Crippen MR) is 80.6 cm³/mol. The van der Waals surface area contributed by atoms with E-state index < -0.39 is 16.9 Å². The topological polar surface area (TPSA) is 110 Å². The minimum absolute atomic E-state index is 0.0170. The zero-order valence-corrected chi connectivity index (χ0v) is 12.9. The summed E-state index contributed by atoms with van der Waals surface area (Å²) in [5.41, 5.74) is -0.283. The highest BCUT2D eigenvalue weighted by Crippen LogP contribution is 2.30. The quantitative estimate of drug-likeness (QED) is 0.626. The van der Waals surface area contributed by atoms with Crippen LogP contribution in [0.15, 0.2) is 18.2 Å². The average molecular weight is 343 g/mol. The number of rotatable bonds is 6. The van der Waals surface area contributed by atoms with Gasteiger partial charge in [0.2, 0.25) is 5.91 Å². The number of benzene rings is 1. The molecule has 0 aromatic heterocycles. The molecule has 0 aliphatic carbocycles. The molecule has 0 radical (unpaired) electrons. The van der Waals surface area contributed by atoms with E-state index in [9.17, 15) is 19.7 Å². The second-order valence-electron chi connectivity index (χ2n) is 5.05. The third kappa shape index (κ3) is 4.10. The predicted octanol–water partition coefficient (Wildman–Crippen LogP) is 2.09. The molecule has 1 amide bonds. The Hall–Kier alpha value is -2.35. The Bertz CT molecular complexity index is 636. The number of likely N-dealkylation sites (tertiary alicyclic amines) is 1. The van der Waals surface area contributed by atoms with Crippen molar-refractivity contribution < 1.29 is 24.4 Å². The number of hydrogen-bond acceptors (Lipinski definition) is 5. The molecule has 124 valence electrons. The average Bonchev–Trinajstić information content (AvgIpc) is 2.98. The van der Waals surface area contributed by atoms with Crippen LogP contribution in [-0.2, 0) is 9.59 Å². The molecule has 0 bridgehead atoms. The lowest BCUT2D eigenvalue weighted by molar-refractivity contribution is -0.385. The van der Waals surface area contributed by atoms with E-state index in [1.165, 1.54) is 23.1 Å². The Morgan fingerprint density at radius 3 is 2.87 bits per heavy atom. The maximum Gasteiger partial charge on any atom is 0.326 e. The van der Waals surface area contributed by atoms with Crippen molar-refractivity contribution in [2.24, 2.45) is 0 Å². The van der Waals surface area contributed by atoms with Crippen LogP contribution in [0, 0.1) is 10.1 Å². The number of amides is 1. The second kappa shape index (κ2) is 7.28. The Balaban J connectivity index is 1.94. The van der Waals surface area contributed by atoms with Crippen LogP contribution in [0.25, 0.3) is 0 Å². The molecular weight excluding hydrogens is 328 g/mol. The maximum absolute atomic E-state index is 12.1. The van der Waals surface area contributed by atoms with Crippen LogP contribution in [0.5, 0.6) is 5.75 Å². The molecule has 1 unspecified atom stereocenters. The minimum Gasteiger partial charge on any atom is -0.486 e. The summed E-state index contributed by atoms with van der Waals surface area (Å²) >= 11 is 5.70. The molecule has 1 aromatic carbocycles. The lowest BCUT2D eigenvalue weighted by Gasteiger charge is -2.21. The highest BCUT2D eigenvalue weighted by molar-refractivity contribution is 6.30. The SMILES string of the molecule is O=C(O)C1CCCN1C(=O)CCOc1ccc(Cl)cc1[N+](=O)[O-]. The number of carbonyl (C=O) groups excluding carboxylic acids is 1. The summed E-state index contributed by atoms with van der Waals surface area (Å²) in [7, 11) is 0. The normalized spacial score (nSPS) is 17.1. The van der Waals surface area contributed by atoms with Gasteiger partial charge in [0, 0.05) is 17.6 Å². The van der Waals surface area contributed by atoms with Crippen LogP contribution in [0.3, 0.4) is 0 Å². The Morgan fingerprint density at radius 1 is 1.48 bits per heavy atom. The number of nitro groups is 1. The van der Waals surface area contributed by atoms with E-state index in [0.29, 0.717) is 19.4 Å².